The largest absolute Gasteiger partial charge is 0.327 e. The average Bonchev–Trinajstić information content (AvgIpc) is 3.07. The number of nitrogens with two attached hydrogens (primary N) is 1. The highest BCUT2D eigenvalue weighted by Crippen LogP contribution is 2.48. The second-order valence-electron chi connectivity index (χ2n) is 6.02. The molecule has 0 saturated heterocycles. The second kappa shape index (κ2) is 6.24. The highest BCUT2D eigenvalue weighted by Gasteiger charge is 2.49. The lowest BCUT2D eigenvalue weighted by atomic mass is 9.84. The summed E-state index contributed by atoms with van der Waals surface area (Å²) in [6.45, 7) is 3.74. The summed E-state index contributed by atoms with van der Waals surface area (Å²) < 4.78 is 0. The molecule has 0 radical (unpaired) electrons. The van der Waals surface area contributed by atoms with Crippen molar-refractivity contribution >= 4 is 23.4 Å². The van der Waals surface area contributed by atoms with Crippen LogP contribution < -0.4 is 11.1 Å². The van der Waals surface area contributed by atoms with Crippen molar-refractivity contribution in [3.8, 4) is 0 Å². The fraction of sp³-hybridized carbons (Fsp3) is 0.471. The molecule has 2 saturated carbocycles. The summed E-state index contributed by atoms with van der Waals surface area (Å²) in [5, 5.41) is 3.10. The first-order valence-electron chi connectivity index (χ1n) is 7.60. The Labute approximate surface area is 130 Å². The normalized spacial score (nSPS) is 30.3. The number of benzene rings is 1. The molecule has 2 bridgehead atoms. The van der Waals surface area contributed by atoms with Crippen LogP contribution in [-0.2, 0) is 4.79 Å². The number of hydrogen-bond acceptors (Lipinski definition) is 3. The lowest BCUT2D eigenvalue weighted by molar-refractivity contribution is -0.121. The lowest BCUT2D eigenvalue weighted by Crippen LogP contribution is -2.42. The maximum absolute atomic E-state index is 12.6. The minimum atomic E-state index is -0.0128. The van der Waals surface area contributed by atoms with E-state index in [9.17, 15) is 4.79 Å². The van der Waals surface area contributed by atoms with Gasteiger partial charge in [-0.05, 0) is 43.2 Å². The van der Waals surface area contributed by atoms with Crippen LogP contribution in [0.15, 0.2) is 41.8 Å². The summed E-state index contributed by atoms with van der Waals surface area (Å²) in [6.07, 6.45) is 5.35. The van der Waals surface area contributed by atoms with Gasteiger partial charge in [0.05, 0.1) is 11.6 Å². The highest BCUT2D eigenvalue weighted by molar-refractivity contribution is 7.99. The molecular formula is C17H22N2OS. The lowest BCUT2D eigenvalue weighted by Gasteiger charge is -2.27. The Morgan fingerprint density at radius 2 is 2.14 bits per heavy atom. The van der Waals surface area contributed by atoms with Gasteiger partial charge in [0, 0.05) is 16.7 Å². The molecule has 3 N–H and O–H groups in total. The Morgan fingerprint density at radius 3 is 2.86 bits per heavy atom. The Morgan fingerprint density at radius 1 is 1.38 bits per heavy atom. The van der Waals surface area contributed by atoms with Crippen molar-refractivity contribution in [2.75, 3.05) is 11.1 Å². The summed E-state index contributed by atoms with van der Waals surface area (Å²) in [5.41, 5.74) is 7.15. The van der Waals surface area contributed by atoms with Crippen LogP contribution in [0.4, 0.5) is 5.69 Å². The third kappa shape index (κ3) is 2.87. The molecule has 2 aliphatic rings. The number of para-hydroxylation sites is 1. The van der Waals surface area contributed by atoms with Crippen LogP contribution in [0.25, 0.3) is 0 Å². The van der Waals surface area contributed by atoms with E-state index in [1.165, 1.54) is 6.42 Å². The van der Waals surface area contributed by atoms with Gasteiger partial charge in [-0.1, -0.05) is 18.2 Å². The van der Waals surface area contributed by atoms with Gasteiger partial charge in [0.2, 0.25) is 5.91 Å². The molecule has 4 unspecified atom stereocenters. The van der Waals surface area contributed by atoms with Crippen molar-refractivity contribution in [1.29, 1.82) is 0 Å². The summed E-state index contributed by atoms with van der Waals surface area (Å²) >= 11 is 1.68. The van der Waals surface area contributed by atoms with Gasteiger partial charge in [0.15, 0.2) is 0 Å². The molecule has 0 aliphatic heterocycles. The van der Waals surface area contributed by atoms with Gasteiger partial charge in [-0.3, -0.25) is 4.79 Å². The zero-order valence-corrected chi connectivity index (χ0v) is 12.9. The van der Waals surface area contributed by atoms with Crippen LogP contribution in [0.3, 0.4) is 0 Å². The van der Waals surface area contributed by atoms with Crippen molar-refractivity contribution < 1.29 is 4.79 Å². The number of carbonyl (C=O) groups is 1. The number of hydrogen-bond donors (Lipinski definition) is 2. The summed E-state index contributed by atoms with van der Waals surface area (Å²) in [5.74, 6) is 1.96. The van der Waals surface area contributed by atoms with Crippen LogP contribution in [0.5, 0.6) is 0 Å². The fourth-order valence-corrected chi connectivity index (χ4v) is 4.53. The number of anilines is 1. The molecule has 3 nitrogen and oxygen atoms in total. The summed E-state index contributed by atoms with van der Waals surface area (Å²) in [4.78, 5) is 13.7. The Balaban J connectivity index is 1.72. The molecule has 4 atom stereocenters. The van der Waals surface area contributed by atoms with Crippen molar-refractivity contribution in [2.24, 2.45) is 23.5 Å². The van der Waals surface area contributed by atoms with Crippen molar-refractivity contribution in [1.82, 2.24) is 0 Å². The number of carbonyl (C=O) groups excluding carboxylic acids is 1. The summed E-state index contributed by atoms with van der Waals surface area (Å²) in [7, 11) is 0. The maximum atomic E-state index is 12.6. The zero-order chi connectivity index (χ0) is 14.8. The van der Waals surface area contributed by atoms with Gasteiger partial charge in [0.1, 0.15) is 0 Å². The van der Waals surface area contributed by atoms with Gasteiger partial charge < -0.3 is 11.1 Å². The molecule has 3 rings (SSSR count). The van der Waals surface area contributed by atoms with Gasteiger partial charge in [-0.15, -0.1) is 18.3 Å². The smallest absolute Gasteiger partial charge is 0.229 e. The molecule has 112 valence electrons. The van der Waals surface area contributed by atoms with E-state index in [2.05, 4.69) is 11.9 Å². The predicted molar refractivity (Wildman–Crippen MR) is 88.3 cm³/mol. The van der Waals surface area contributed by atoms with Gasteiger partial charge in [-0.2, -0.15) is 0 Å². The van der Waals surface area contributed by atoms with E-state index in [0.29, 0.717) is 11.8 Å². The van der Waals surface area contributed by atoms with E-state index in [-0.39, 0.29) is 17.9 Å². The fourth-order valence-electron chi connectivity index (χ4n) is 3.79. The monoisotopic (exact) mass is 302 g/mol. The van der Waals surface area contributed by atoms with Crippen LogP contribution in [-0.4, -0.2) is 17.7 Å². The molecule has 0 heterocycles. The first kappa shape index (κ1) is 14.7. The average molecular weight is 302 g/mol. The number of fused-ring (bicyclic) bond motifs is 2. The van der Waals surface area contributed by atoms with Gasteiger partial charge in [-0.25, -0.2) is 0 Å². The third-order valence-electron chi connectivity index (χ3n) is 4.78. The Bertz CT molecular complexity index is 543. The van der Waals surface area contributed by atoms with E-state index >= 15 is 0 Å². The van der Waals surface area contributed by atoms with E-state index in [0.717, 1.165) is 29.2 Å². The Hall–Kier alpha value is -1.26. The van der Waals surface area contributed by atoms with Crippen molar-refractivity contribution in [2.45, 2.75) is 30.2 Å². The SMILES string of the molecule is C=CCSc1ccccc1NC(=O)C1C2CCC(C2)C1N. The van der Waals surface area contributed by atoms with E-state index in [1.807, 2.05) is 30.3 Å². The molecule has 2 aliphatic carbocycles. The first-order valence-corrected chi connectivity index (χ1v) is 8.58. The van der Waals surface area contributed by atoms with Crippen LogP contribution in [0, 0.1) is 17.8 Å². The Kier molecular flexibility index (Phi) is 4.36. The van der Waals surface area contributed by atoms with Crippen LogP contribution >= 0.6 is 11.8 Å². The molecule has 1 aromatic rings. The minimum absolute atomic E-state index is 0.0128. The van der Waals surface area contributed by atoms with Gasteiger partial charge >= 0.3 is 0 Å². The summed E-state index contributed by atoms with van der Waals surface area (Å²) in [6, 6.07) is 7.97. The molecule has 0 aromatic heterocycles. The molecule has 4 heteroatoms. The molecule has 2 fully saturated rings. The zero-order valence-electron chi connectivity index (χ0n) is 12.1. The van der Waals surface area contributed by atoms with Crippen LogP contribution in [0.1, 0.15) is 19.3 Å². The van der Waals surface area contributed by atoms with Gasteiger partial charge in [0.25, 0.3) is 0 Å². The molecule has 21 heavy (non-hydrogen) atoms. The van der Waals surface area contributed by atoms with E-state index < -0.39 is 0 Å². The van der Waals surface area contributed by atoms with Crippen LogP contribution in [0.2, 0.25) is 0 Å². The number of amides is 1. The van der Waals surface area contributed by atoms with Crippen molar-refractivity contribution in [3.63, 3.8) is 0 Å². The quantitative estimate of drug-likeness (QED) is 0.648. The number of nitrogens with one attached hydrogen (secondary N) is 1. The van der Waals surface area contributed by atoms with E-state index in [1.54, 1.807) is 11.8 Å². The molecule has 1 amide bonds. The molecular weight excluding hydrogens is 280 g/mol. The standard InChI is InChI=1S/C17H22N2OS/c1-2-9-21-14-6-4-3-5-13(14)19-17(20)15-11-7-8-12(10-11)16(15)18/h2-6,11-12,15-16H,1,7-10,18H2,(H,19,20). The number of thioether (sulfide) groups is 1. The third-order valence-corrected chi connectivity index (χ3v) is 5.85. The maximum Gasteiger partial charge on any atom is 0.229 e. The topological polar surface area (TPSA) is 55.1 Å². The molecule has 1 aromatic carbocycles. The second-order valence-corrected chi connectivity index (χ2v) is 7.08. The first-order chi connectivity index (χ1) is 10.2. The van der Waals surface area contributed by atoms with E-state index in [4.69, 9.17) is 5.73 Å². The minimum Gasteiger partial charge on any atom is -0.327 e. The van der Waals surface area contributed by atoms with Crippen molar-refractivity contribution in [3.05, 3.63) is 36.9 Å². The molecule has 0 spiro atoms. The predicted octanol–water partition coefficient (Wildman–Crippen LogP) is 3.28. The highest BCUT2D eigenvalue weighted by atomic mass is 32.2. The number of rotatable bonds is 5.